The Hall–Kier alpha value is -2.41. The van der Waals surface area contributed by atoms with Crippen LogP contribution in [0.5, 0.6) is 5.75 Å². The lowest BCUT2D eigenvalue weighted by atomic mass is 10.0. The summed E-state index contributed by atoms with van der Waals surface area (Å²) in [4.78, 5) is 28.9. The lowest BCUT2D eigenvalue weighted by Crippen LogP contribution is -2.47. The van der Waals surface area contributed by atoms with E-state index in [1.807, 2.05) is 13.8 Å². The van der Waals surface area contributed by atoms with Crippen LogP contribution in [0.25, 0.3) is 0 Å². The zero-order chi connectivity index (χ0) is 16.8. The second-order valence-corrected chi connectivity index (χ2v) is 6.12. The molecule has 0 saturated heterocycles. The maximum Gasteiger partial charge on any atom is 0.255 e. The Labute approximate surface area is 138 Å². The minimum Gasteiger partial charge on any atom is -0.496 e. The molecule has 0 spiro atoms. The van der Waals surface area contributed by atoms with Crippen molar-refractivity contribution in [1.29, 1.82) is 0 Å². The predicted molar refractivity (Wildman–Crippen MR) is 89.8 cm³/mol. The first kappa shape index (κ1) is 17.0. The number of benzene rings is 1. The number of aromatic nitrogens is 1. The van der Waals surface area contributed by atoms with Crippen LogP contribution in [0.15, 0.2) is 35.8 Å². The normalized spacial score (nSPS) is 11.8. The zero-order valence-corrected chi connectivity index (χ0v) is 14.0. The van der Waals surface area contributed by atoms with Crippen LogP contribution in [0.2, 0.25) is 0 Å². The maximum absolute atomic E-state index is 12.5. The smallest absolute Gasteiger partial charge is 0.255 e. The van der Waals surface area contributed by atoms with Crippen molar-refractivity contribution in [2.24, 2.45) is 5.92 Å². The lowest BCUT2D eigenvalue weighted by Gasteiger charge is -2.21. The van der Waals surface area contributed by atoms with E-state index in [1.54, 1.807) is 35.8 Å². The molecule has 0 radical (unpaired) electrons. The number of thiazole rings is 1. The lowest BCUT2D eigenvalue weighted by molar-refractivity contribution is -0.118. The number of para-hydroxylation sites is 1. The minimum atomic E-state index is -0.670. The molecule has 1 aromatic carbocycles. The van der Waals surface area contributed by atoms with Crippen LogP contribution in [0.1, 0.15) is 24.2 Å². The van der Waals surface area contributed by atoms with E-state index >= 15 is 0 Å². The fourth-order valence-electron chi connectivity index (χ4n) is 2.05. The minimum absolute atomic E-state index is 0.0754. The SMILES string of the molecule is COc1ccccc1C(=O)N[C@H](C(=O)Nc1nccs1)C(C)C. The van der Waals surface area contributed by atoms with Crippen LogP contribution >= 0.6 is 11.3 Å². The van der Waals surface area contributed by atoms with Gasteiger partial charge in [0.15, 0.2) is 5.13 Å². The molecule has 2 N–H and O–H groups in total. The number of nitrogens with one attached hydrogen (secondary N) is 2. The van der Waals surface area contributed by atoms with Gasteiger partial charge in [0.25, 0.3) is 5.91 Å². The van der Waals surface area contributed by atoms with Gasteiger partial charge in [-0.2, -0.15) is 0 Å². The standard InChI is InChI=1S/C16H19N3O3S/c1-10(2)13(15(21)19-16-17-8-9-23-16)18-14(20)11-6-4-5-7-12(11)22-3/h4-10,13H,1-3H3,(H,18,20)(H,17,19,21)/t13-/m0/s1. The van der Waals surface area contributed by atoms with E-state index in [1.165, 1.54) is 18.4 Å². The van der Waals surface area contributed by atoms with Gasteiger partial charge >= 0.3 is 0 Å². The number of anilines is 1. The average Bonchev–Trinajstić information content (AvgIpc) is 3.04. The quantitative estimate of drug-likeness (QED) is 0.851. The third kappa shape index (κ3) is 4.29. The topological polar surface area (TPSA) is 80.3 Å². The fourth-order valence-corrected chi connectivity index (χ4v) is 2.59. The number of hydrogen-bond acceptors (Lipinski definition) is 5. The van der Waals surface area contributed by atoms with Gasteiger partial charge in [-0.15, -0.1) is 11.3 Å². The van der Waals surface area contributed by atoms with Crippen molar-refractivity contribution >= 4 is 28.3 Å². The third-order valence-corrected chi connectivity index (χ3v) is 3.94. The van der Waals surface area contributed by atoms with Crippen molar-refractivity contribution in [1.82, 2.24) is 10.3 Å². The van der Waals surface area contributed by atoms with E-state index in [-0.39, 0.29) is 17.7 Å². The van der Waals surface area contributed by atoms with Crippen LogP contribution in [0, 0.1) is 5.92 Å². The van der Waals surface area contributed by atoms with Crippen molar-refractivity contribution in [2.45, 2.75) is 19.9 Å². The Morgan fingerprint density at radius 1 is 1.26 bits per heavy atom. The first-order chi connectivity index (χ1) is 11.0. The summed E-state index contributed by atoms with van der Waals surface area (Å²) in [5.41, 5.74) is 0.391. The van der Waals surface area contributed by atoms with Crippen LogP contribution in [-0.2, 0) is 4.79 Å². The second kappa shape index (κ2) is 7.73. The summed E-state index contributed by atoms with van der Waals surface area (Å²) in [7, 11) is 1.50. The molecule has 1 atom stereocenters. The van der Waals surface area contributed by atoms with Crippen molar-refractivity contribution in [2.75, 3.05) is 12.4 Å². The molecular formula is C16H19N3O3S. The highest BCUT2D eigenvalue weighted by Gasteiger charge is 2.26. The van der Waals surface area contributed by atoms with E-state index in [0.717, 1.165) is 0 Å². The molecule has 6 nitrogen and oxygen atoms in total. The molecular weight excluding hydrogens is 314 g/mol. The van der Waals surface area contributed by atoms with Crippen molar-refractivity contribution in [3.8, 4) is 5.75 Å². The molecule has 2 aromatic rings. The van der Waals surface area contributed by atoms with Gasteiger partial charge < -0.3 is 15.4 Å². The van der Waals surface area contributed by atoms with Gasteiger partial charge in [0.05, 0.1) is 12.7 Å². The number of rotatable bonds is 6. The Kier molecular flexibility index (Phi) is 5.70. The van der Waals surface area contributed by atoms with Gasteiger partial charge in [0, 0.05) is 11.6 Å². The third-order valence-electron chi connectivity index (χ3n) is 3.25. The molecule has 0 saturated carbocycles. The Balaban J connectivity index is 2.12. The average molecular weight is 333 g/mol. The van der Waals surface area contributed by atoms with E-state index in [0.29, 0.717) is 16.4 Å². The molecule has 2 amide bonds. The molecule has 0 aliphatic carbocycles. The largest absolute Gasteiger partial charge is 0.496 e. The second-order valence-electron chi connectivity index (χ2n) is 5.22. The molecule has 1 aromatic heterocycles. The molecule has 0 unspecified atom stereocenters. The van der Waals surface area contributed by atoms with Crippen molar-refractivity contribution in [3.05, 3.63) is 41.4 Å². The van der Waals surface area contributed by atoms with E-state index in [4.69, 9.17) is 4.74 Å². The number of ether oxygens (including phenoxy) is 1. The zero-order valence-electron chi connectivity index (χ0n) is 13.2. The Bertz CT molecular complexity index is 671. The van der Waals surface area contributed by atoms with Crippen LogP contribution in [0.3, 0.4) is 0 Å². The summed E-state index contributed by atoms with van der Waals surface area (Å²) in [5.74, 6) is -0.255. The monoisotopic (exact) mass is 333 g/mol. The first-order valence-corrected chi connectivity index (χ1v) is 8.05. The van der Waals surface area contributed by atoms with Crippen LogP contribution < -0.4 is 15.4 Å². The Morgan fingerprint density at radius 2 is 2.00 bits per heavy atom. The van der Waals surface area contributed by atoms with E-state index in [9.17, 15) is 9.59 Å². The Morgan fingerprint density at radius 3 is 2.61 bits per heavy atom. The van der Waals surface area contributed by atoms with Crippen LogP contribution in [-0.4, -0.2) is 29.9 Å². The number of nitrogens with zero attached hydrogens (tertiary/aromatic N) is 1. The highest BCUT2D eigenvalue weighted by molar-refractivity contribution is 7.13. The molecule has 122 valence electrons. The summed E-state index contributed by atoms with van der Waals surface area (Å²) < 4.78 is 5.18. The van der Waals surface area contributed by atoms with E-state index in [2.05, 4.69) is 15.6 Å². The van der Waals surface area contributed by atoms with Crippen LogP contribution in [0.4, 0.5) is 5.13 Å². The molecule has 23 heavy (non-hydrogen) atoms. The number of hydrogen-bond donors (Lipinski definition) is 2. The number of amides is 2. The van der Waals surface area contributed by atoms with E-state index < -0.39 is 6.04 Å². The molecule has 2 rings (SSSR count). The fraction of sp³-hybridized carbons (Fsp3) is 0.312. The van der Waals surface area contributed by atoms with Gasteiger partial charge in [0.2, 0.25) is 5.91 Å². The summed E-state index contributed by atoms with van der Waals surface area (Å²) in [6, 6.07) is 6.22. The highest BCUT2D eigenvalue weighted by Crippen LogP contribution is 2.18. The molecule has 0 aliphatic heterocycles. The summed E-state index contributed by atoms with van der Waals surface area (Å²) in [6.07, 6.45) is 1.61. The van der Waals surface area contributed by atoms with Crippen molar-refractivity contribution in [3.63, 3.8) is 0 Å². The summed E-state index contributed by atoms with van der Waals surface area (Å²) >= 11 is 1.33. The number of carbonyl (C=O) groups excluding carboxylic acids is 2. The number of carbonyl (C=O) groups is 2. The molecule has 7 heteroatoms. The van der Waals surface area contributed by atoms with Gasteiger partial charge in [-0.3, -0.25) is 9.59 Å². The molecule has 1 heterocycles. The van der Waals surface area contributed by atoms with Gasteiger partial charge in [0.1, 0.15) is 11.8 Å². The van der Waals surface area contributed by atoms with Gasteiger partial charge in [-0.25, -0.2) is 4.98 Å². The highest BCUT2D eigenvalue weighted by atomic mass is 32.1. The first-order valence-electron chi connectivity index (χ1n) is 7.17. The summed E-state index contributed by atoms with van der Waals surface area (Å²) in [6.45, 7) is 3.74. The molecule has 0 aliphatic rings. The summed E-state index contributed by atoms with van der Waals surface area (Å²) in [5, 5.41) is 7.75. The van der Waals surface area contributed by atoms with Gasteiger partial charge in [-0.05, 0) is 18.1 Å². The van der Waals surface area contributed by atoms with Gasteiger partial charge in [-0.1, -0.05) is 26.0 Å². The number of methoxy groups -OCH3 is 1. The predicted octanol–water partition coefficient (Wildman–Crippen LogP) is 2.54. The maximum atomic E-state index is 12.5. The molecule has 0 fully saturated rings. The van der Waals surface area contributed by atoms with Crippen molar-refractivity contribution < 1.29 is 14.3 Å². The molecule has 0 bridgehead atoms.